The van der Waals surface area contributed by atoms with Gasteiger partial charge in [0.15, 0.2) is 0 Å². The number of aromatic nitrogens is 2. The first-order valence-electron chi connectivity index (χ1n) is 10.5. The maximum absolute atomic E-state index is 13.4. The maximum atomic E-state index is 13.4. The molecule has 0 spiro atoms. The molecule has 1 saturated heterocycles. The number of para-hydroxylation sites is 2. The van der Waals surface area contributed by atoms with Crippen LogP contribution in [-0.4, -0.2) is 46.7 Å². The van der Waals surface area contributed by atoms with Gasteiger partial charge in [0.05, 0.1) is 16.9 Å². The van der Waals surface area contributed by atoms with Gasteiger partial charge in [0.25, 0.3) is 5.56 Å². The number of piperazine rings is 1. The Morgan fingerprint density at radius 3 is 2.25 bits per heavy atom. The third-order valence-electron chi connectivity index (χ3n) is 5.74. The molecule has 0 amide bonds. The van der Waals surface area contributed by atoms with Crippen molar-refractivity contribution in [3.05, 3.63) is 81.8 Å². The lowest BCUT2D eigenvalue weighted by Gasteiger charge is -2.37. The Bertz CT molecular complexity index is 1100. The van der Waals surface area contributed by atoms with Crippen molar-refractivity contribution in [2.75, 3.05) is 37.0 Å². The molecule has 1 aromatic heterocycles. The van der Waals surface area contributed by atoms with Crippen LogP contribution in [0.3, 0.4) is 0 Å². The van der Waals surface area contributed by atoms with E-state index in [-0.39, 0.29) is 11.2 Å². The number of rotatable bonds is 6. The largest absolute Gasteiger partial charge is 0.418 e. The molecule has 0 unspecified atom stereocenters. The molecule has 9 heteroatoms. The number of hydrogen-bond acceptors (Lipinski definition) is 3. The number of nitrogens with one attached hydrogen (secondary N) is 1. The van der Waals surface area contributed by atoms with Crippen LogP contribution in [0.2, 0.25) is 0 Å². The Kier molecular flexibility index (Phi) is 6.62. The summed E-state index contributed by atoms with van der Waals surface area (Å²) in [6, 6.07) is 15.0. The van der Waals surface area contributed by atoms with Crippen LogP contribution in [0.15, 0.2) is 59.4 Å². The second-order valence-corrected chi connectivity index (χ2v) is 8.14. The van der Waals surface area contributed by atoms with Gasteiger partial charge >= 0.3 is 6.18 Å². The molecular formula is C23H24ClF3N4O. The molecule has 170 valence electrons. The first kappa shape index (κ1) is 22.5. The van der Waals surface area contributed by atoms with Gasteiger partial charge in [-0.3, -0.25) is 14.8 Å². The van der Waals surface area contributed by atoms with Gasteiger partial charge in [0.2, 0.25) is 0 Å². The minimum Gasteiger partial charge on any atom is -0.368 e. The monoisotopic (exact) mass is 464 g/mol. The second kappa shape index (κ2) is 9.42. The average Bonchev–Trinajstić information content (AvgIpc) is 3.10. The quantitative estimate of drug-likeness (QED) is 0.553. The third-order valence-corrected chi connectivity index (χ3v) is 5.92. The lowest BCUT2D eigenvalue weighted by Crippen LogP contribution is -2.46. The summed E-state index contributed by atoms with van der Waals surface area (Å²) in [6.07, 6.45) is -3.94. The van der Waals surface area contributed by atoms with Crippen LogP contribution in [0, 0.1) is 0 Å². The molecule has 32 heavy (non-hydrogen) atoms. The van der Waals surface area contributed by atoms with E-state index in [9.17, 15) is 18.0 Å². The average molecular weight is 465 g/mol. The second-order valence-electron chi connectivity index (χ2n) is 7.76. The van der Waals surface area contributed by atoms with E-state index in [4.69, 9.17) is 11.6 Å². The first-order chi connectivity index (χ1) is 15.4. The van der Waals surface area contributed by atoms with Gasteiger partial charge in [-0.1, -0.05) is 30.3 Å². The Morgan fingerprint density at radius 1 is 0.938 bits per heavy atom. The highest BCUT2D eigenvalue weighted by Crippen LogP contribution is 2.36. The zero-order valence-corrected chi connectivity index (χ0v) is 18.2. The molecule has 1 aliphatic rings. The van der Waals surface area contributed by atoms with E-state index in [0.717, 1.165) is 17.4 Å². The van der Waals surface area contributed by atoms with Gasteiger partial charge in [0, 0.05) is 49.9 Å². The Balaban J connectivity index is 1.50. The third kappa shape index (κ3) is 4.71. The lowest BCUT2D eigenvalue weighted by atomic mass is 10.1. The number of aromatic amines is 1. The molecule has 1 N–H and O–H groups in total. The summed E-state index contributed by atoms with van der Waals surface area (Å²) in [6.45, 7) is 2.63. The molecule has 0 atom stereocenters. The number of hydrogen-bond donors (Lipinski definition) is 1. The van der Waals surface area contributed by atoms with Crippen molar-refractivity contribution in [1.82, 2.24) is 14.7 Å². The summed E-state index contributed by atoms with van der Waals surface area (Å²) >= 11 is 5.94. The number of H-pyrrole nitrogens is 1. The van der Waals surface area contributed by atoms with E-state index >= 15 is 0 Å². The molecular weight excluding hydrogens is 441 g/mol. The fourth-order valence-corrected chi connectivity index (χ4v) is 4.31. The van der Waals surface area contributed by atoms with Crippen LogP contribution >= 0.6 is 11.6 Å². The number of alkyl halides is 4. The smallest absolute Gasteiger partial charge is 0.368 e. The molecule has 0 bridgehead atoms. The Morgan fingerprint density at radius 2 is 1.59 bits per heavy atom. The summed E-state index contributed by atoms with van der Waals surface area (Å²) in [4.78, 5) is 16.8. The van der Waals surface area contributed by atoms with Crippen LogP contribution < -0.4 is 10.5 Å². The van der Waals surface area contributed by atoms with Gasteiger partial charge in [-0.15, -0.1) is 11.6 Å². The fourth-order valence-electron chi connectivity index (χ4n) is 4.12. The molecule has 5 nitrogen and oxygen atoms in total. The highest BCUT2D eigenvalue weighted by atomic mass is 35.5. The lowest BCUT2D eigenvalue weighted by molar-refractivity contribution is -0.137. The van der Waals surface area contributed by atoms with E-state index in [0.29, 0.717) is 50.6 Å². The standard InChI is InChI=1S/C23H24ClF3N4O/c24-11-10-18-20(28-31(22(18)32)17-6-2-1-3-7-17)16-29-12-14-30(15-13-29)21-9-5-4-8-19(21)23(25,26)27/h1-9,28H,10-16H2. The van der Waals surface area contributed by atoms with E-state index in [1.807, 2.05) is 30.3 Å². The van der Waals surface area contributed by atoms with Crippen molar-refractivity contribution in [2.45, 2.75) is 19.1 Å². The van der Waals surface area contributed by atoms with Crippen LogP contribution in [0.4, 0.5) is 18.9 Å². The molecule has 3 aromatic rings. The van der Waals surface area contributed by atoms with Gasteiger partial charge in [-0.2, -0.15) is 13.2 Å². The Hall–Kier alpha value is -2.71. The van der Waals surface area contributed by atoms with Crippen molar-refractivity contribution in [1.29, 1.82) is 0 Å². The molecule has 4 rings (SSSR count). The summed E-state index contributed by atoms with van der Waals surface area (Å²) in [5, 5.41) is 3.21. The van der Waals surface area contributed by atoms with Crippen LogP contribution in [0.25, 0.3) is 5.69 Å². The van der Waals surface area contributed by atoms with Gasteiger partial charge < -0.3 is 4.90 Å². The van der Waals surface area contributed by atoms with Crippen LogP contribution in [-0.2, 0) is 19.1 Å². The van der Waals surface area contributed by atoms with Crippen LogP contribution in [0.1, 0.15) is 16.8 Å². The highest BCUT2D eigenvalue weighted by Gasteiger charge is 2.35. The summed E-state index contributed by atoms with van der Waals surface area (Å²) < 4.78 is 41.7. The minimum atomic E-state index is -4.38. The van der Waals surface area contributed by atoms with Crippen molar-refractivity contribution in [2.24, 2.45) is 0 Å². The van der Waals surface area contributed by atoms with Crippen molar-refractivity contribution >= 4 is 17.3 Å². The molecule has 0 saturated carbocycles. The van der Waals surface area contributed by atoms with Gasteiger partial charge in [0.1, 0.15) is 0 Å². The first-order valence-corrected chi connectivity index (χ1v) is 11.0. The predicted octanol–water partition coefficient (Wildman–Crippen LogP) is 4.29. The minimum absolute atomic E-state index is 0.121. The highest BCUT2D eigenvalue weighted by molar-refractivity contribution is 6.18. The summed E-state index contributed by atoms with van der Waals surface area (Å²) in [5.41, 5.74) is 1.67. The summed E-state index contributed by atoms with van der Waals surface area (Å²) in [5.74, 6) is 0.330. The number of halogens is 4. The fraction of sp³-hybridized carbons (Fsp3) is 0.348. The topological polar surface area (TPSA) is 44.3 Å². The zero-order chi connectivity index (χ0) is 22.7. The van der Waals surface area contributed by atoms with E-state index < -0.39 is 11.7 Å². The van der Waals surface area contributed by atoms with E-state index in [2.05, 4.69) is 10.00 Å². The van der Waals surface area contributed by atoms with Crippen molar-refractivity contribution in [3.63, 3.8) is 0 Å². The molecule has 0 radical (unpaired) electrons. The van der Waals surface area contributed by atoms with Crippen molar-refractivity contribution in [3.8, 4) is 5.69 Å². The number of benzene rings is 2. The molecule has 0 aliphatic carbocycles. The zero-order valence-electron chi connectivity index (χ0n) is 17.4. The predicted molar refractivity (Wildman–Crippen MR) is 120 cm³/mol. The molecule has 1 aliphatic heterocycles. The Labute approximate surface area is 189 Å². The number of anilines is 1. The van der Waals surface area contributed by atoms with E-state index in [1.54, 1.807) is 11.0 Å². The SMILES string of the molecule is O=c1c(CCCl)c(CN2CCN(c3ccccc3C(F)(F)F)CC2)[nH]n1-c1ccccc1. The normalized spacial score (nSPS) is 15.3. The molecule has 1 fully saturated rings. The maximum Gasteiger partial charge on any atom is 0.418 e. The number of nitrogens with zero attached hydrogens (tertiary/aromatic N) is 3. The summed E-state index contributed by atoms with van der Waals surface area (Å²) in [7, 11) is 0. The van der Waals surface area contributed by atoms with Gasteiger partial charge in [-0.05, 0) is 30.7 Å². The van der Waals surface area contributed by atoms with Crippen molar-refractivity contribution < 1.29 is 13.2 Å². The molecule has 2 aromatic carbocycles. The molecule has 2 heterocycles. The van der Waals surface area contributed by atoms with Crippen LogP contribution in [0.5, 0.6) is 0 Å². The van der Waals surface area contributed by atoms with Gasteiger partial charge in [-0.25, -0.2) is 4.68 Å². The van der Waals surface area contributed by atoms with E-state index in [1.165, 1.54) is 16.8 Å².